The number of ether oxygens (including phenoxy) is 1. The van der Waals surface area contributed by atoms with Gasteiger partial charge in [-0.3, -0.25) is 4.79 Å². The maximum absolute atomic E-state index is 13.7. The number of carbonyl (C=O) groups is 1. The van der Waals surface area contributed by atoms with Crippen molar-refractivity contribution in [2.24, 2.45) is 0 Å². The first-order chi connectivity index (χ1) is 8.74. The highest BCUT2D eigenvalue weighted by Crippen LogP contribution is 2.24. The van der Waals surface area contributed by atoms with E-state index in [2.05, 4.69) is 5.32 Å². The van der Waals surface area contributed by atoms with Gasteiger partial charge in [0, 0.05) is 26.2 Å². The van der Waals surface area contributed by atoms with Crippen molar-refractivity contribution in [3.63, 3.8) is 0 Å². The minimum absolute atomic E-state index is 0.0588. The van der Waals surface area contributed by atoms with E-state index in [9.17, 15) is 9.18 Å². The molecular weight excluding hydrogens is 235 g/mol. The van der Waals surface area contributed by atoms with Gasteiger partial charge in [-0.15, -0.1) is 0 Å². The molecule has 5 heteroatoms. The van der Waals surface area contributed by atoms with Crippen LogP contribution in [0.2, 0.25) is 0 Å². The predicted molar refractivity (Wildman–Crippen MR) is 66.3 cm³/mol. The molecule has 1 heterocycles. The number of carbonyl (C=O) groups excluding carboxylic acids is 1. The molecule has 0 radical (unpaired) electrons. The maximum Gasteiger partial charge on any atom is 0.257 e. The van der Waals surface area contributed by atoms with Crippen molar-refractivity contribution in [2.45, 2.75) is 6.92 Å². The first-order valence-corrected chi connectivity index (χ1v) is 6.15. The summed E-state index contributed by atoms with van der Waals surface area (Å²) < 4.78 is 18.9. The zero-order chi connectivity index (χ0) is 13.0. The Morgan fingerprint density at radius 3 is 2.83 bits per heavy atom. The van der Waals surface area contributed by atoms with Gasteiger partial charge < -0.3 is 15.0 Å². The van der Waals surface area contributed by atoms with Crippen LogP contribution < -0.4 is 10.1 Å². The van der Waals surface area contributed by atoms with E-state index in [4.69, 9.17) is 4.74 Å². The minimum atomic E-state index is -0.488. The van der Waals surface area contributed by atoms with E-state index in [-0.39, 0.29) is 11.7 Å². The van der Waals surface area contributed by atoms with Crippen molar-refractivity contribution >= 4 is 5.91 Å². The number of piperazine rings is 1. The van der Waals surface area contributed by atoms with Gasteiger partial charge in [0.1, 0.15) is 0 Å². The highest BCUT2D eigenvalue weighted by molar-refractivity contribution is 5.97. The predicted octanol–water partition coefficient (Wildman–Crippen LogP) is 1.27. The molecule has 1 N–H and O–H groups in total. The van der Waals surface area contributed by atoms with Gasteiger partial charge in [0.25, 0.3) is 5.91 Å². The van der Waals surface area contributed by atoms with Crippen LogP contribution in [-0.2, 0) is 0 Å². The number of rotatable bonds is 3. The average Bonchev–Trinajstić information content (AvgIpc) is 2.41. The summed E-state index contributed by atoms with van der Waals surface area (Å²) in [4.78, 5) is 14.0. The fourth-order valence-electron chi connectivity index (χ4n) is 2.01. The molecule has 1 aromatic rings. The lowest BCUT2D eigenvalue weighted by molar-refractivity contribution is 0.0730. The van der Waals surface area contributed by atoms with Gasteiger partial charge in [-0.25, -0.2) is 4.39 Å². The lowest BCUT2D eigenvalue weighted by Gasteiger charge is -2.28. The zero-order valence-corrected chi connectivity index (χ0v) is 10.4. The molecular formula is C13H17FN2O2. The minimum Gasteiger partial charge on any atom is -0.490 e. The fraction of sp³-hybridized carbons (Fsp3) is 0.462. The van der Waals surface area contributed by atoms with Crippen LogP contribution in [0.4, 0.5) is 4.39 Å². The summed E-state index contributed by atoms with van der Waals surface area (Å²) in [5, 5.41) is 3.17. The molecule has 4 nitrogen and oxygen atoms in total. The second kappa shape index (κ2) is 5.82. The number of amides is 1. The van der Waals surface area contributed by atoms with Gasteiger partial charge >= 0.3 is 0 Å². The Morgan fingerprint density at radius 2 is 2.17 bits per heavy atom. The maximum atomic E-state index is 13.7. The average molecular weight is 252 g/mol. The molecule has 0 aromatic heterocycles. The van der Waals surface area contributed by atoms with Crippen molar-refractivity contribution in [3.05, 3.63) is 29.6 Å². The molecule has 2 rings (SSSR count). The van der Waals surface area contributed by atoms with Gasteiger partial charge in [0.05, 0.1) is 12.2 Å². The molecule has 0 unspecified atom stereocenters. The molecule has 1 aliphatic rings. The lowest BCUT2D eigenvalue weighted by atomic mass is 10.1. The Bertz CT molecular complexity index is 431. The Labute approximate surface area is 106 Å². The molecule has 1 saturated heterocycles. The fourth-order valence-corrected chi connectivity index (χ4v) is 2.01. The SMILES string of the molecule is CCOc1c(F)cccc1C(=O)N1CCNCC1. The van der Waals surface area contributed by atoms with Gasteiger partial charge in [0.15, 0.2) is 11.6 Å². The van der Waals surface area contributed by atoms with Gasteiger partial charge in [-0.05, 0) is 19.1 Å². The van der Waals surface area contributed by atoms with Crippen LogP contribution in [0.3, 0.4) is 0 Å². The first-order valence-electron chi connectivity index (χ1n) is 6.15. The van der Waals surface area contributed by atoms with E-state index >= 15 is 0 Å². The topological polar surface area (TPSA) is 41.6 Å². The Balaban J connectivity index is 2.25. The largest absolute Gasteiger partial charge is 0.490 e. The molecule has 0 spiro atoms. The number of para-hydroxylation sites is 1. The number of hydrogen-bond donors (Lipinski definition) is 1. The Hall–Kier alpha value is -1.62. The lowest BCUT2D eigenvalue weighted by Crippen LogP contribution is -2.46. The van der Waals surface area contributed by atoms with Crippen molar-refractivity contribution in [3.8, 4) is 5.75 Å². The van der Waals surface area contributed by atoms with Crippen LogP contribution in [-0.4, -0.2) is 43.6 Å². The summed E-state index contributed by atoms with van der Waals surface area (Å²) >= 11 is 0. The number of halogens is 1. The number of nitrogens with zero attached hydrogens (tertiary/aromatic N) is 1. The number of nitrogens with one attached hydrogen (secondary N) is 1. The van der Waals surface area contributed by atoms with Crippen molar-refractivity contribution in [1.29, 1.82) is 0 Å². The molecule has 0 bridgehead atoms. The van der Waals surface area contributed by atoms with Gasteiger partial charge in [-0.2, -0.15) is 0 Å². The normalized spacial score (nSPS) is 15.6. The van der Waals surface area contributed by atoms with Crippen LogP contribution in [0.15, 0.2) is 18.2 Å². The summed E-state index contributed by atoms with van der Waals surface area (Å²) in [5.41, 5.74) is 0.304. The number of benzene rings is 1. The van der Waals surface area contributed by atoms with Crippen molar-refractivity contribution in [2.75, 3.05) is 32.8 Å². The Morgan fingerprint density at radius 1 is 1.44 bits per heavy atom. The molecule has 1 aromatic carbocycles. The Kier molecular flexibility index (Phi) is 4.15. The zero-order valence-electron chi connectivity index (χ0n) is 10.4. The van der Waals surface area contributed by atoms with E-state index in [1.54, 1.807) is 17.9 Å². The summed E-state index contributed by atoms with van der Waals surface area (Å²) in [5.74, 6) is -0.596. The molecule has 98 valence electrons. The van der Waals surface area contributed by atoms with E-state index in [0.29, 0.717) is 25.3 Å². The van der Waals surface area contributed by atoms with Crippen LogP contribution in [0, 0.1) is 5.82 Å². The number of hydrogen-bond acceptors (Lipinski definition) is 3. The van der Waals surface area contributed by atoms with E-state index in [1.165, 1.54) is 12.1 Å². The van der Waals surface area contributed by atoms with Gasteiger partial charge in [0.2, 0.25) is 0 Å². The van der Waals surface area contributed by atoms with Crippen LogP contribution >= 0.6 is 0 Å². The molecule has 1 fully saturated rings. The summed E-state index contributed by atoms with van der Waals surface area (Å²) in [7, 11) is 0. The molecule has 1 amide bonds. The van der Waals surface area contributed by atoms with Crippen LogP contribution in [0.25, 0.3) is 0 Å². The molecule has 18 heavy (non-hydrogen) atoms. The highest BCUT2D eigenvalue weighted by Gasteiger charge is 2.22. The summed E-state index contributed by atoms with van der Waals surface area (Å²) in [6, 6.07) is 4.45. The quantitative estimate of drug-likeness (QED) is 0.881. The smallest absolute Gasteiger partial charge is 0.257 e. The van der Waals surface area contributed by atoms with Gasteiger partial charge in [-0.1, -0.05) is 6.07 Å². The van der Waals surface area contributed by atoms with Crippen molar-refractivity contribution in [1.82, 2.24) is 10.2 Å². The first kappa shape index (κ1) is 12.8. The van der Waals surface area contributed by atoms with E-state index in [0.717, 1.165) is 13.1 Å². The van der Waals surface area contributed by atoms with Crippen LogP contribution in [0.5, 0.6) is 5.75 Å². The third-order valence-electron chi connectivity index (χ3n) is 2.89. The van der Waals surface area contributed by atoms with E-state index in [1.807, 2.05) is 0 Å². The molecule has 0 saturated carbocycles. The highest BCUT2D eigenvalue weighted by atomic mass is 19.1. The molecule has 0 aliphatic carbocycles. The second-order valence-corrected chi connectivity index (χ2v) is 4.09. The standard InChI is InChI=1S/C13H17FN2O2/c1-2-18-12-10(4-3-5-11(12)14)13(17)16-8-6-15-7-9-16/h3-5,15H,2,6-9H2,1H3. The van der Waals surface area contributed by atoms with Crippen LogP contribution in [0.1, 0.15) is 17.3 Å². The second-order valence-electron chi connectivity index (χ2n) is 4.09. The van der Waals surface area contributed by atoms with Crippen molar-refractivity contribution < 1.29 is 13.9 Å². The summed E-state index contributed by atoms with van der Waals surface area (Å²) in [6.07, 6.45) is 0. The molecule has 0 atom stereocenters. The monoisotopic (exact) mass is 252 g/mol. The third-order valence-corrected chi connectivity index (χ3v) is 2.89. The summed E-state index contributed by atoms with van der Waals surface area (Å²) in [6.45, 7) is 4.92. The van der Waals surface area contributed by atoms with E-state index < -0.39 is 5.82 Å². The third kappa shape index (κ3) is 2.61. The molecule has 1 aliphatic heterocycles.